The Labute approximate surface area is 121 Å². The average Bonchev–Trinajstić information content (AvgIpc) is 2.93. The van der Waals surface area contributed by atoms with Crippen molar-refractivity contribution in [3.8, 4) is 5.75 Å². The zero-order valence-electron chi connectivity index (χ0n) is 10.9. The monoisotopic (exact) mass is 326 g/mol. The highest BCUT2D eigenvalue weighted by atomic mass is 79.9. The number of hydrazine groups is 1. The first-order valence-corrected chi connectivity index (χ1v) is 7.17. The molecule has 1 fully saturated rings. The van der Waals surface area contributed by atoms with E-state index in [-0.39, 0.29) is 0 Å². The Morgan fingerprint density at radius 1 is 1.42 bits per heavy atom. The fourth-order valence-electron chi connectivity index (χ4n) is 2.20. The van der Waals surface area contributed by atoms with Crippen LogP contribution in [0.25, 0.3) is 0 Å². The van der Waals surface area contributed by atoms with Crippen molar-refractivity contribution in [3.05, 3.63) is 22.7 Å². The summed E-state index contributed by atoms with van der Waals surface area (Å²) in [4.78, 5) is 4.58. The normalized spacial score (nSPS) is 16.5. The lowest BCUT2D eigenvalue weighted by atomic mass is 10.3. The number of ether oxygens (including phenoxy) is 1. The molecule has 1 aromatic rings. The van der Waals surface area contributed by atoms with Crippen molar-refractivity contribution in [1.82, 2.24) is 5.43 Å². The standard InChI is InChI=1S/C13H19BrN4O/c1-19-12-8-10(6-7-11(12)14)17-13(18-15)16-9-4-2-3-5-9/h6-9H,2-5,15H2,1H3,(H2,16,17,18). The molecular formula is C13H19BrN4O. The largest absolute Gasteiger partial charge is 0.495 e. The van der Waals surface area contributed by atoms with E-state index in [1.165, 1.54) is 12.8 Å². The zero-order chi connectivity index (χ0) is 13.7. The third kappa shape index (κ3) is 3.84. The van der Waals surface area contributed by atoms with E-state index >= 15 is 0 Å². The summed E-state index contributed by atoms with van der Waals surface area (Å²) in [6.45, 7) is 0. The fraction of sp³-hybridized carbons (Fsp3) is 0.462. The molecule has 1 aromatic carbocycles. The van der Waals surface area contributed by atoms with E-state index in [1.807, 2.05) is 18.2 Å². The van der Waals surface area contributed by atoms with E-state index in [2.05, 4.69) is 31.7 Å². The summed E-state index contributed by atoms with van der Waals surface area (Å²) in [7, 11) is 1.64. The van der Waals surface area contributed by atoms with Crippen molar-refractivity contribution < 1.29 is 4.74 Å². The average molecular weight is 327 g/mol. The summed E-state index contributed by atoms with van der Waals surface area (Å²) in [5.74, 6) is 6.88. The molecule has 0 saturated heterocycles. The molecule has 0 aromatic heterocycles. The lowest BCUT2D eigenvalue weighted by Gasteiger charge is -2.13. The van der Waals surface area contributed by atoms with Gasteiger partial charge in [0.25, 0.3) is 0 Å². The molecule has 0 aliphatic heterocycles. The van der Waals surface area contributed by atoms with Crippen molar-refractivity contribution in [3.63, 3.8) is 0 Å². The van der Waals surface area contributed by atoms with Gasteiger partial charge >= 0.3 is 0 Å². The number of nitrogens with one attached hydrogen (secondary N) is 2. The van der Waals surface area contributed by atoms with Crippen LogP contribution in [-0.4, -0.2) is 19.1 Å². The number of rotatable bonds is 3. The van der Waals surface area contributed by atoms with Gasteiger partial charge in [-0.25, -0.2) is 10.8 Å². The van der Waals surface area contributed by atoms with Crippen LogP contribution < -0.4 is 21.3 Å². The molecular weight excluding hydrogens is 308 g/mol. The number of methoxy groups -OCH3 is 1. The number of hydrogen-bond acceptors (Lipinski definition) is 3. The van der Waals surface area contributed by atoms with Crippen molar-refractivity contribution in [2.75, 3.05) is 12.4 Å². The van der Waals surface area contributed by atoms with Crippen LogP contribution in [0.15, 0.2) is 27.7 Å². The van der Waals surface area contributed by atoms with Gasteiger partial charge in [-0.15, -0.1) is 0 Å². The first kappa shape index (κ1) is 14.1. The Bertz CT molecular complexity index is 458. The van der Waals surface area contributed by atoms with Gasteiger partial charge in [-0.2, -0.15) is 0 Å². The molecule has 0 radical (unpaired) electrons. The Hall–Kier alpha value is -1.27. The third-order valence-electron chi connectivity index (χ3n) is 3.19. The number of aliphatic imine (C=N–C) groups is 1. The fourth-order valence-corrected chi connectivity index (χ4v) is 2.60. The van der Waals surface area contributed by atoms with Crippen molar-refractivity contribution in [1.29, 1.82) is 0 Å². The molecule has 0 heterocycles. The van der Waals surface area contributed by atoms with Crippen LogP contribution in [0, 0.1) is 0 Å². The molecule has 1 aliphatic rings. The molecule has 0 atom stereocenters. The van der Waals surface area contributed by atoms with E-state index in [0.717, 1.165) is 28.8 Å². The number of halogens is 1. The first-order chi connectivity index (χ1) is 9.22. The Kier molecular flexibility index (Phi) is 5.04. The maximum absolute atomic E-state index is 5.52. The Morgan fingerprint density at radius 2 is 2.16 bits per heavy atom. The van der Waals surface area contributed by atoms with Gasteiger partial charge in [0.15, 0.2) is 0 Å². The SMILES string of the molecule is COc1cc(NC(=NC2CCCC2)NN)ccc1Br. The molecule has 0 unspecified atom stereocenters. The lowest BCUT2D eigenvalue weighted by molar-refractivity contribution is 0.412. The summed E-state index contributed by atoms with van der Waals surface area (Å²) >= 11 is 3.42. The van der Waals surface area contributed by atoms with E-state index in [4.69, 9.17) is 10.6 Å². The van der Waals surface area contributed by atoms with Crippen molar-refractivity contribution in [2.24, 2.45) is 10.8 Å². The molecule has 19 heavy (non-hydrogen) atoms. The highest BCUT2D eigenvalue weighted by Gasteiger charge is 2.14. The van der Waals surface area contributed by atoms with Gasteiger partial charge in [0.2, 0.25) is 5.96 Å². The summed E-state index contributed by atoms with van der Waals surface area (Å²) in [6, 6.07) is 6.13. The van der Waals surface area contributed by atoms with Crippen LogP contribution in [0.5, 0.6) is 5.75 Å². The van der Waals surface area contributed by atoms with E-state index in [9.17, 15) is 0 Å². The van der Waals surface area contributed by atoms with Gasteiger partial charge in [0, 0.05) is 11.8 Å². The third-order valence-corrected chi connectivity index (χ3v) is 3.84. The van der Waals surface area contributed by atoms with Gasteiger partial charge in [-0.1, -0.05) is 12.8 Å². The smallest absolute Gasteiger partial charge is 0.210 e. The van der Waals surface area contributed by atoms with Crippen LogP contribution in [0.1, 0.15) is 25.7 Å². The predicted molar refractivity (Wildman–Crippen MR) is 81.3 cm³/mol. The summed E-state index contributed by atoms with van der Waals surface area (Å²) in [5.41, 5.74) is 3.50. The first-order valence-electron chi connectivity index (χ1n) is 6.38. The summed E-state index contributed by atoms with van der Waals surface area (Å²) in [6.07, 6.45) is 4.77. The summed E-state index contributed by atoms with van der Waals surface area (Å²) < 4.78 is 6.17. The highest BCUT2D eigenvalue weighted by Crippen LogP contribution is 2.28. The van der Waals surface area contributed by atoms with Gasteiger partial charge in [-0.05, 0) is 40.9 Å². The minimum Gasteiger partial charge on any atom is -0.495 e. The molecule has 6 heteroatoms. The maximum Gasteiger partial charge on any atom is 0.210 e. The quantitative estimate of drug-likeness (QED) is 0.345. The molecule has 5 nitrogen and oxygen atoms in total. The highest BCUT2D eigenvalue weighted by molar-refractivity contribution is 9.10. The Balaban J connectivity index is 2.09. The lowest BCUT2D eigenvalue weighted by Crippen LogP contribution is -2.37. The minimum absolute atomic E-state index is 0.371. The molecule has 0 bridgehead atoms. The van der Waals surface area contributed by atoms with E-state index in [1.54, 1.807) is 7.11 Å². The molecule has 2 rings (SSSR count). The molecule has 0 amide bonds. The molecule has 0 spiro atoms. The predicted octanol–water partition coefficient (Wildman–Crippen LogP) is 2.63. The van der Waals surface area contributed by atoms with Gasteiger partial charge in [0.1, 0.15) is 5.75 Å². The van der Waals surface area contributed by atoms with Crippen LogP contribution in [0.2, 0.25) is 0 Å². The minimum atomic E-state index is 0.371. The molecule has 1 saturated carbocycles. The Morgan fingerprint density at radius 3 is 2.79 bits per heavy atom. The second kappa shape index (κ2) is 6.77. The van der Waals surface area contributed by atoms with Gasteiger partial charge < -0.3 is 10.1 Å². The maximum atomic E-state index is 5.52. The van der Waals surface area contributed by atoms with Crippen LogP contribution >= 0.6 is 15.9 Å². The molecule has 4 N–H and O–H groups in total. The number of anilines is 1. The number of hydrogen-bond donors (Lipinski definition) is 3. The van der Waals surface area contributed by atoms with Crippen LogP contribution in [-0.2, 0) is 0 Å². The van der Waals surface area contributed by atoms with Crippen LogP contribution in [0.4, 0.5) is 5.69 Å². The zero-order valence-corrected chi connectivity index (χ0v) is 12.5. The number of nitrogens with zero attached hydrogens (tertiary/aromatic N) is 1. The number of guanidine groups is 1. The molecule has 1 aliphatic carbocycles. The van der Waals surface area contributed by atoms with E-state index < -0.39 is 0 Å². The topological polar surface area (TPSA) is 71.7 Å². The van der Waals surface area contributed by atoms with Crippen molar-refractivity contribution in [2.45, 2.75) is 31.7 Å². The molecule has 104 valence electrons. The van der Waals surface area contributed by atoms with Gasteiger partial charge in [0.05, 0.1) is 17.6 Å². The van der Waals surface area contributed by atoms with Crippen molar-refractivity contribution >= 4 is 27.6 Å². The van der Waals surface area contributed by atoms with Gasteiger partial charge in [-0.3, -0.25) is 5.43 Å². The van der Waals surface area contributed by atoms with Crippen LogP contribution in [0.3, 0.4) is 0 Å². The number of nitrogens with two attached hydrogens (primary N) is 1. The van der Waals surface area contributed by atoms with E-state index in [0.29, 0.717) is 12.0 Å². The second-order valence-corrected chi connectivity index (χ2v) is 5.39. The second-order valence-electron chi connectivity index (χ2n) is 4.53. The summed E-state index contributed by atoms with van der Waals surface area (Å²) in [5, 5.41) is 3.17. The number of benzene rings is 1.